The maximum absolute atomic E-state index is 13.3. The predicted molar refractivity (Wildman–Crippen MR) is 118 cm³/mol. The summed E-state index contributed by atoms with van der Waals surface area (Å²) in [4.78, 5) is 32.1. The topological polar surface area (TPSA) is 92.7 Å². The molecule has 0 aliphatic carbocycles. The molecule has 1 aliphatic heterocycles. The minimum atomic E-state index is -0.594. The van der Waals surface area contributed by atoms with Gasteiger partial charge >= 0.3 is 0 Å². The normalized spacial score (nSPS) is 21.1. The Morgan fingerprint density at radius 2 is 2.07 bits per heavy atom. The highest BCUT2D eigenvalue weighted by Gasteiger charge is 2.36. The number of carbonyl (C=O) groups is 2. The van der Waals surface area contributed by atoms with Crippen LogP contribution in [-0.2, 0) is 4.79 Å². The number of aromatic nitrogens is 2. The first-order chi connectivity index (χ1) is 14.1. The third kappa shape index (κ3) is 4.83. The number of pyridine rings is 1. The number of rotatable bonds is 5. The summed E-state index contributed by atoms with van der Waals surface area (Å²) in [6.45, 7) is 11.5. The zero-order valence-corrected chi connectivity index (χ0v) is 18.8. The van der Waals surface area contributed by atoms with E-state index < -0.39 is 6.04 Å². The second kappa shape index (κ2) is 8.76. The van der Waals surface area contributed by atoms with Crippen molar-refractivity contribution in [3.8, 4) is 0 Å². The minimum Gasteiger partial charge on any atom is -0.350 e. The maximum Gasteiger partial charge on any atom is 0.256 e. The average Bonchev–Trinajstić information content (AvgIpc) is 3.15. The molecule has 0 bridgehead atoms. The van der Waals surface area contributed by atoms with E-state index in [4.69, 9.17) is 5.73 Å². The SMILES string of the molecule is CC(C)C[C@@H]1CCN(C(=O)c2cccn3cncc23)C[C@H]1NC(=O)[C@@H](N)C(C)(C)C. The summed E-state index contributed by atoms with van der Waals surface area (Å²) in [6.07, 6.45) is 7.15. The van der Waals surface area contributed by atoms with Gasteiger partial charge in [-0.3, -0.25) is 9.59 Å². The van der Waals surface area contributed by atoms with Crippen LogP contribution in [0, 0.1) is 17.3 Å². The lowest BCUT2D eigenvalue weighted by Gasteiger charge is -2.40. The van der Waals surface area contributed by atoms with E-state index in [2.05, 4.69) is 24.1 Å². The summed E-state index contributed by atoms with van der Waals surface area (Å²) in [5, 5.41) is 3.17. The number of piperidine rings is 1. The maximum atomic E-state index is 13.3. The molecule has 1 fully saturated rings. The first-order valence-electron chi connectivity index (χ1n) is 10.8. The molecule has 0 spiro atoms. The van der Waals surface area contributed by atoms with Crippen LogP contribution in [0.3, 0.4) is 0 Å². The minimum absolute atomic E-state index is 0.0246. The van der Waals surface area contributed by atoms with Crippen LogP contribution in [0.2, 0.25) is 0 Å². The molecule has 3 atom stereocenters. The van der Waals surface area contributed by atoms with Crippen LogP contribution < -0.4 is 11.1 Å². The summed E-state index contributed by atoms with van der Waals surface area (Å²) < 4.78 is 1.85. The van der Waals surface area contributed by atoms with E-state index in [-0.39, 0.29) is 23.3 Å². The van der Waals surface area contributed by atoms with Crippen molar-refractivity contribution >= 4 is 17.3 Å². The van der Waals surface area contributed by atoms with Gasteiger partial charge in [0, 0.05) is 25.3 Å². The summed E-state index contributed by atoms with van der Waals surface area (Å²) >= 11 is 0. The van der Waals surface area contributed by atoms with Gasteiger partial charge in [-0.25, -0.2) is 4.98 Å². The number of likely N-dealkylation sites (tertiary alicyclic amines) is 1. The first-order valence-corrected chi connectivity index (χ1v) is 10.8. The van der Waals surface area contributed by atoms with Gasteiger partial charge in [0.1, 0.15) is 0 Å². The van der Waals surface area contributed by atoms with Crippen molar-refractivity contribution < 1.29 is 9.59 Å². The molecule has 164 valence electrons. The lowest BCUT2D eigenvalue weighted by atomic mass is 9.83. The van der Waals surface area contributed by atoms with Crippen LogP contribution in [0.4, 0.5) is 0 Å². The van der Waals surface area contributed by atoms with Gasteiger partial charge in [-0.15, -0.1) is 0 Å². The van der Waals surface area contributed by atoms with E-state index in [9.17, 15) is 9.59 Å². The zero-order valence-electron chi connectivity index (χ0n) is 18.8. The van der Waals surface area contributed by atoms with Crippen molar-refractivity contribution in [3.63, 3.8) is 0 Å². The number of fused-ring (bicyclic) bond motifs is 1. The summed E-state index contributed by atoms with van der Waals surface area (Å²) in [7, 11) is 0. The zero-order chi connectivity index (χ0) is 22.1. The lowest BCUT2D eigenvalue weighted by Crippen LogP contribution is -2.58. The number of hydrogen-bond donors (Lipinski definition) is 2. The summed E-state index contributed by atoms with van der Waals surface area (Å²) in [5.74, 6) is 0.682. The molecule has 2 aromatic rings. The lowest BCUT2D eigenvalue weighted by molar-refractivity contribution is -0.126. The van der Waals surface area contributed by atoms with Crippen molar-refractivity contribution in [2.75, 3.05) is 13.1 Å². The summed E-state index contributed by atoms with van der Waals surface area (Å²) in [6, 6.07) is 3.00. The molecule has 2 aromatic heterocycles. The van der Waals surface area contributed by atoms with E-state index in [0.29, 0.717) is 30.5 Å². The highest BCUT2D eigenvalue weighted by Crippen LogP contribution is 2.27. The third-order valence-electron chi connectivity index (χ3n) is 6.04. The number of nitrogens with two attached hydrogens (primary N) is 1. The molecule has 3 heterocycles. The highest BCUT2D eigenvalue weighted by atomic mass is 16.2. The Hall–Kier alpha value is -2.41. The molecular weight excluding hydrogens is 378 g/mol. The number of nitrogens with one attached hydrogen (secondary N) is 1. The number of hydrogen-bond acceptors (Lipinski definition) is 4. The second-order valence-electron chi connectivity index (χ2n) is 10.00. The molecule has 30 heavy (non-hydrogen) atoms. The van der Waals surface area contributed by atoms with Gasteiger partial charge in [-0.05, 0) is 42.2 Å². The van der Waals surface area contributed by atoms with E-state index in [0.717, 1.165) is 18.4 Å². The van der Waals surface area contributed by atoms with Crippen molar-refractivity contribution in [2.45, 2.75) is 59.5 Å². The summed E-state index contributed by atoms with van der Waals surface area (Å²) in [5.41, 5.74) is 7.30. The Morgan fingerprint density at radius 1 is 1.33 bits per heavy atom. The van der Waals surface area contributed by atoms with Gasteiger partial charge < -0.3 is 20.4 Å². The molecule has 7 heteroatoms. The largest absolute Gasteiger partial charge is 0.350 e. The van der Waals surface area contributed by atoms with E-state index in [1.54, 1.807) is 12.5 Å². The molecule has 0 radical (unpaired) electrons. The van der Waals surface area contributed by atoms with E-state index in [1.165, 1.54) is 0 Å². The van der Waals surface area contributed by atoms with Crippen molar-refractivity contribution in [1.29, 1.82) is 0 Å². The van der Waals surface area contributed by atoms with Crippen LogP contribution in [0.5, 0.6) is 0 Å². The second-order valence-corrected chi connectivity index (χ2v) is 10.00. The first kappa shape index (κ1) is 22.3. The fourth-order valence-electron chi connectivity index (χ4n) is 4.20. The Balaban J connectivity index is 1.79. The molecule has 0 saturated carbocycles. The molecule has 7 nitrogen and oxygen atoms in total. The fourth-order valence-corrected chi connectivity index (χ4v) is 4.20. The van der Waals surface area contributed by atoms with Crippen LogP contribution in [-0.4, -0.2) is 51.3 Å². The van der Waals surface area contributed by atoms with Crippen LogP contribution in [0.25, 0.3) is 5.52 Å². The van der Waals surface area contributed by atoms with Gasteiger partial charge in [-0.1, -0.05) is 34.6 Å². The number of carbonyl (C=O) groups excluding carboxylic acids is 2. The number of amides is 2. The molecule has 0 unspecified atom stereocenters. The molecule has 3 N–H and O–H groups in total. The van der Waals surface area contributed by atoms with Crippen LogP contribution in [0.15, 0.2) is 30.9 Å². The van der Waals surface area contributed by atoms with Gasteiger partial charge in [0.2, 0.25) is 5.91 Å². The molecule has 0 aromatic carbocycles. The molecule has 3 rings (SSSR count). The van der Waals surface area contributed by atoms with Gasteiger partial charge in [0.05, 0.1) is 29.6 Å². The molecular formula is C23H35N5O2. The van der Waals surface area contributed by atoms with Crippen LogP contribution >= 0.6 is 0 Å². The third-order valence-corrected chi connectivity index (χ3v) is 6.04. The fraction of sp³-hybridized carbons (Fsp3) is 0.609. The van der Waals surface area contributed by atoms with Gasteiger partial charge in [-0.2, -0.15) is 0 Å². The molecule has 2 amide bonds. The van der Waals surface area contributed by atoms with Crippen molar-refractivity contribution in [1.82, 2.24) is 19.6 Å². The molecule has 1 saturated heterocycles. The Kier molecular flexibility index (Phi) is 6.50. The smallest absolute Gasteiger partial charge is 0.256 e. The predicted octanol–water partition coefficient (Wildman–Crippen LogP) is 2.70. The Bertz CT molecular complexity index is 898. The van der Waals surface area contributed by atoms with Crippen molar-refractivity contribution in [3.05, 3.63) is 36.4 Å². The molecule has 1 aliphatic rings. The average molecular weight is 414 g/mol. The van der Waals surface area contributed by atoms with Crippen molar-refractivity contribution in [2.24, 2.45) is 23.0 Å². The Morgan fingerprint density at radius 3 is 2.73 bits per heavy atom. The van der Waals surface area contributed by atoms with E-state index in [1.807, 2.05) is 48.4 Å². The van der Waals surface area contributed by atoms with Gasteiger partial charge in [0.25, 0.3) is 5.91 Å². The standard InChI is InChI=1S/C23H35N5O2/c1-15(2)11-16-8-10-27(13-18(16)26-21(29)20(24)23(3,4)5)22(30)17-7-6-9-28-14-25-12-19(17)28/h6-7,9,12,14-16,18,20H,8,10-11,13,24H2,1-5H3,(H,26,29)/t16-,18+,20+/m0/s1. The monoisotopic (exact) mass is 413 g/mol. The number of nitrogens with zero attached hydrogens (tertiary/aromatic N) is 3. The van der Waals surface area contributed by atoms with Crippen LogP contribution in [0.1, 0.15) is 57.8 Å². The highest BCUT2D eigenvalue weighted by molar-refractivity contribution is 6.00. The van der Waals surface area contributed by atoms with Gasteiger partial charge in [0.15, 0.2) is 0 Å². The quantitative estimate of drug-likeness (QED) is 0.788. The number of imidazole rings is 1. The van der Waals surface area contributed by atoms with E-state index >= 15 is 0 Å². The Labute approximate surface area is 179 Å².